The summed E-state index contributed by atoms with van der Waals surface area (Å²) in [7, 11) is 0. The minimum absolute atomic E-state index is 0.620. The Morgan fingerprint density at radius 2 is 1.28 bits per heavy atom. The van der Waals surface area contributed by atoms with E-state index in [4.69, 9.17) is 0 Å². The Bertz CT molecular complexity index is 288. The van der Waals surface area contributed by atoms with Crippen LogP contribution in [0.1, 0.15) is 27.7 Å². The van der Waals surface area contributed by atoms with Gasteiger partial charge in [0.2, 0.25) is 0 Å². The second-order valence-electron chi connectivity index (χ2n) is 4.25. The average molecular weight is 279 g/mol. The Hall–Kier alpha value is -0.950. The summed E-state index contributed by atoms with van der Waals surface area (Å²) < 4.78 is 80.1. The van der Waals surface area contributed by atoms with Crippen molar-refractivity contribution in [2.24, 2.45) is 5.92 Å². The second kappa shape index (κ2) is 4.97. The maximum absolute atomic E-state index is 12.7. The molecular weight excluding hydrogens is 266 g/mol. The molecule has 0 bridgehead atoms. The summed E-state index contributed by atoms with van der Waals surface area (Å²) in [6.45, 7) is 3.53. The average Bonchev–Trinajstić information content (AvgIpc) is 2.08. The lowest BCUT2D eigenvalue weighted by Crippen LogP contribution is -2.62. The molecule has 0 aromatic rings. The largest absolute Gasteiger partial charge is 0.439 e. The third-order valence-corrected chi connectivity index (χ3v) is 2.23. The fraction of sp³-hybridized carbons (Fsp3) is 0.800. The van der Waals surface area contributed by atoms with Crippen LogP contribution in [0.15, 0.2) is 0 Å². The molecule has 0 heterocycles. The van der Waals surface area contributed by atoms with Crippen LogP contribution in [0.5, 0.6) is 0 Å². The van der Waals surface area contributed by atoms with E-state index < -0.39 is 35.8 Å². The number of hydrogen-bond acceptors (Lipinski definition) is 2. The molecule has 0 saturated heterocycles. The van der Waals surface area contributed by atoms with Gasteiger partial charge in [0.25, 0.3) is 0 Å². The van der Waals surface area contributed by atoms with Crippen LogP contribution in [0.2, 0.25) is 0 Å². The van der Waals surface area contributed by atoms with E-state index in [2.05, 4.69) is 4.74 Å². The van der Waals surface area contributed by atoms with Gasteiger partial charge in [0, 0.05) is 5.92 Å². The molecule has 0 spiro atoms. The molecule has 1 radical (unpaired) electrons. The van der Waals surface area contributed by atoms with Crippen molar-refractivity contribution in [2.45, 2.75) is 45.6 Å². The van der Waals surface area contributed by atoms with Gasteiger partial charge in [-0.3, -0.25) is 4.79 Å². The lowest BCUT2D eigenvalue weighted by molar-refractivity contribution is -0.362. The molecule has 0 atom stereocenters. The van der Waals surface area contributed by atoms with Gasteiger partial charge in [0.05, 0.1) is 5.92 Å². The first-order chi connectivity index (χ1) is 7.77. The first-order valence-electron chi connectivity index (χ1n) is 4.94. The van der Waals surface area contributed by atoms with Crippen LogP contribution >= 0.6 is 0 Å². The third-order valence-electron chi connectivity index (χ3n) is 2.23. The number of carbonyl (C=O) groups is 1. The Kier molecular flexibility index (Phi) is 4.71. The quantitative estimate of drug-likeness (QED) is 0.582. The van der Waals surface area contributed by atoms with Gasteiger partial charge < -0.3 is 4.74 Å². The molecule has 8 heteroatoms. The summed E-state index contributed by atoms with van der Waals surface area (Å²) in [5, 5.41) is 0. The van der Waals surface area contributed by atoms with E-state index in [1.807, 2.05) is 0 Å². The molecule has 0 aliphatic rings. The van der Waals surface area contributed by atoms with E-state index in [1.165, 1.54) is 0 Å². The monoisotopic (exact) mass is 279 g/mol. The van der Waals surface area contributed by atoms with E-state index in [-0.39, 0.29) is 0 Å². The van der Waals surface area contributed by atoms with Crippen molar-refractivity contribution in [2.75, 3.05) is 0 Å². The fourth-order valence-corrected chi connectivity index (χ4v) is 1.21. The molecule has 0 N–H and O–H groups in total. The predicted octanol–water partition coefficient (Wildman–Crippen LogP) is 3.66. The molecule has 0 aromatic heterocycles. The van der Waals surface area contributed by atoms with Gasteiger partial charge >= 0.3 is 23.9 Å². The zero-order valence-corrected chi connectivity index (χ0v) is 10.2. The van der Waals surface area contributed by atoms with Crippen LogP contribution < -0.4 is 0 Å². The number of hydrogen-bond donors (Lipinski definition) is 0. The molecule has 0 unspecified atom stereocenters. The lowest BCUT2D eigenvalue weighted by atomic mass is 9.88. The molecule has 2 nitrogen and oxygen atoms in total. The minimum atomic E-state index is -5.77. The molecule has 107 valence electrons. The van der Waals surface area contributed by atoms with Crippen molar-refractivity contribution in [3.63, 3.8) is 0 Å². The Morgan fingerprint density at radius 3 is 1.44 bits per heavy atom. The Morgan fingerprint density at radius 1 is 0.944 bits per heavy atom. The Balaban J connectivity index is 5.74. The predicted molar refractivity (Wildman–Crippen MR) is 50.4 cm³/mol. The van der Waals surface area contributed by atoms with Crippen LogP contribution in [0.4, 0.5) is 26.3 Å². The summed E-state index contributed by atoms with van der Waals surface area (Å²) in [6, 6.07) is 0. The molecule has 0 aliphatic heterocycles. The van der Waals surface area contributed by atoms with Gasteiger partial charge in [-0.1, -0.05) is 27.7 Å². The molecular formula is C10H13F6O2. The van der Waals surface area contributed by atoms with Gasteiger partial charge in [0.15, 0.2) is 0 Å². The first-order valence-corrected chi connectivity index (χ1v) is 4.94. The molecule has 0 fully saturated rings. The van der Waals surface area contributed by atoms with Crippen LogP contribution in [0.25, 0.3) is 0 Å². The number of alkyl halides is 6. The zero-order chi connectivity index (χ0) is 14.9. The van der Waals surface area contributed by atoms with Crippen molar-refractivity contribution >= 4 is 5.97 Å². The van der Waals surface area contributed by atoms with E-state index in [1.54, 1.807) is 0 Å². The van der Waals surface area contributed by atoms with Crippen LogP contribution in [-0.2, 0) is 9.53 Å². The van der Waals surface area contributed by atoms with Crippen molar-refractivity contribution in [1.29, 1.82) is 0 Å². The number of esters is 1. The summed E-state index contributed by atoms with van der Waals surface area (Å²) in [6.07, 6.45) is -11.5. The highest BCUT2D eigenvalue weighted by atomic mass is 19.4. The van der Waals surface area contributed by atoms with Crippen LogP contribution in [0.3, 0.4) is 0 Å². The molecule has 0 rings (SSSR count). The van der Waals surface area contributed by atoms with E-state index in [9.17, 15) is 31.1 Å². The van der Waals surface area contributed by atoms with Gasteiger partial charge in [-0.05, 0) is 0 Å². The van der Waals surface area contributed by atoms with Gasteiger partial charge in [-0.25, -0.2) is 0 Å². The molecule has 0 amide bonds. The van der Waals surface area contributed by atoms with Crippen molar-refractivity contribution < 1.29 is 35.9 Å². The summed E-state index contributed by atoms with van der Waals surface area (Å²) >= 11 is 0. The van der Waals surface area contributed by atoms with E-state index in [0.717, 1.165) is 13.8 Å². The van der Waals surface area contributed by atoms with Gasteiger partial charge in [0.1, 0.15) is 0 Å². The van der Waals surface area contributed by atoms with Crippen LogP contribution in [0, 0.1) is 11.8 Å². The number of halogens is 6. The van der Waals surface area contributed by atoms with E-state index in [0.29, 0.717) is 13.8 Å². The highest BCUT2D eigenvalue weighted by Crippen LogP contribution is 2.51. The van der Waals surface area contributed by atoms with E-state index >= 15 is 0 Å². The molecule has 0 aliphatic carbocycles. The summed E-state index contributed by atoms with van der Waals surface area (Å²) in [4.78, 5) is 11.1. The third kappa shape index (κ3) is 2.89. The molecule has 0 saturated carbocycles. The normalized spacial score (nSPS) is 14.2. The summed E-state index contributed by atoms with van der Waals surface area (Å²) in [5.41, 5.74) is -4.55. The van der Waals surface area contributed by atoms with Gasteiger partial charge in [-0.15, -0.1) is 0 Å². The molecule has 0 aromatic carbocycles. The van der Waals surface area contributed by atoms with Gasteiger partial charge in [-0.2, -0.15) is 26.3 Å². The van der Waals surface area contributed by atoms with Crippen molar-refractivity contribution in [3.8, 4) is 0 Å². The first kappa shape index (κ1) is 17.1. The molecule has 18 heavy (non-hydrogen) atoms. The minimum Gasteiger partial charge on any atom is -0.439 e. The summed E-state index contributed by atoms with van der Waals surface area (Å²) in [5.74, 6) is -3.77. The topological polar surface area (TPSA) is 26.3 Å². The lowest BCUT2D eigenvalue weighted by Gasteiger charge is -2.39. The maximum Gasteiger partial charge on any atom is 0.438 e. The zero-order valence-electron chi connectivity index (χ0n) is 10.2. The Labute approximate surface area is 100 Å². The maximum atomic E-state index is 12.7. The highest BCUT2D eigenvalue weighted by Gasteiger charge is 2.76. The fourth-order valence-electron chi connectivity index (χ4n) is 1.21. The highest BCUT2D eigenvalue weighted by molar-refractivity contribution is 5.72. The second-order valence-corrected chi connectivity index (χ2v) is 4.25. The van der Waals surface area contributed by atoms with Crippen LogP contribution in [-0.4, -0.2) is 23.9 Å². The van der Waals surface area contributed by atoms with Crippen molar-refractivity contribution in [3.05, 3.63) is 5.92 Å². The SMILES string of the molecule is C[C](C)C(OC(=O)C(C)C)(C(F)(F)F)C(F)(F)F. The number of ether oxygens (including phenoxy) is 1. The number of rotatable bonds is 3. The van der Waals surface area contributed by atoms with Crippen molar-refractivity contribution in [1.82, 2.24) is 0 Å². The number of carbonyl (C=O) groups excluding carboxylic acids is 1. The smallest absolute Gasteiger partial charge is 0.438 e. The standard InChI is InChI=1S/C10H13F6O2/c1-5(2)7(17)18-8(6(3)4,9(11,12)13)10(14,15)16/h5H,1-4H3.